The van der Waals surface area contributed by atoms with Gasteiger partial charge in [-0.1, -0.05) is 60.7 Å². The van der Waals surface area contributed by atoms with Gasteiger partial charge in [-0.15, -0.1) is 0 Å². The lowest BCUT2D eigenvalue weighted by atomic mass is 9.98. The molecular weight excluding hydrogens is 346 g/mol. The van der Waals surface area contributed by atoms with E-state index in [0.29, 0.717) is 0 Å². The van der Waals surface area contributed by atoms with Gasteiger partial charge in [0.25, 0.3) is 0 Å². The number of carbonyl (C=O) groups excluding carboxylic acids is 1. The van der Waals surface area contributed by atoms with Crippen LogP contribution >= 0.6 is 0 Å². The van der Waals surface area contributed by atoms with Gasteiger partial charge in [-0.25, -0.2) is 8.78 Å². The molecule has 138 valence electrons. The third kappa shape index (κ3) is 4.77. The summed E-state index contributed by atoms with van der Waals surface area (Å²) in [6.45, 7) is 1.70. The van der Waals surface area contributed by atoms with E-state index in [0.717, 1.165) is 23.3 Å². The molecule has 3 aromatic carbocycles. The average molecular weight is 366 g/mol. The van der Waals surface area contributed by atoms with Crippen molar-refractivity contribution in [3.8, 4) is 0 Å². The molecule has 0 radical (unpaired) electrons. The van der Waals surface area contributed by atoms with Crippen LogP contribution in [-0.4, -0.2) is 11.9 Å². The standard InChI is InChI=1S/C22H20F2N2O/c1-15(22(27)26-20-13-12-18(23)14-19(20)24)25-21(16-8-4-2-5-9-16)17-10-6-3-7-11-17/h2-15,21,25H,1H3,(H,26,27). The van der Waals surface area contributed by atoms with Gasteiger partial charge in [-0.2, -0.15) is 0 Å². The fourth-order valence-corrected chi connectivity index (χ4v) is 2.83. The van der Waals surface area contributed by atoms with Crippen LogP contribution in [0, 0.1) is 11.6 Å². The molecule has 1 atom stereocenters. The van der Waals surface area contributed by atoms with Crippen LogP contribution in [-0.2, 0) is 4.79 Å². The van der Waals surface area contributed by atoms with E-state index in [-0.39, 0.29) is 11.7 Å². The molecule has 0 saturated heterocycles. The van der Waals surface area contributed by atoms with Gasteiger partial charge in [0.15, 0.2) is 0 Å². The molecule has 5 heteroatoms. The Bertz CT molecular complexity index is 861. The predicted molar refractivity (Wildman–Crippen MR) is 102 cm³/mol. The quantitative estimate of drug-likeness (QED) is 0.666. The molecule has 0 heterocycles. The first-order valence-corrected chi connectivity index (χ1v) is 8.66. The topological polar surface area (TPSA) is 41.1 Å². The maximum atomic E-state index is 13.8. The summed E-state index contributed by atoms with van der Waals surface area (Å²) in [5, 5.41) is 5.79. The Kier molecular flexibility index (Phi) is 5.94. The molecule has 3 nitrogen and oxygen atoms in total. The van der Waals surface area contributed by atoms with Crippen LogP contribution < -0.4 is 10.6 Å². The molecule has 0 fully saturated rings. The van der Waals surface area contributed by atoms with E-state index < -0.39 is 23.6 Å². The predicted octanol–water partition coefficient (Wildman–Crippen LogP) is 4.67. The number of rotatable bonds is 6. The van der Waals surface area contributed by atoms with Gasteiger partial charge in [0, 0.05) is 6.07 Å². The summed E-state index contributed by atoms with van der Waals surface area (Å²) in [5.74, 6) is -1.90. The molecular formula is C22H20F2N2O. The number of benzene rings is 3. The van der Waals surface area contributed by atoms with Crippen LogP contribution in [0.15, 0.2) is 78.9 Å². The van der Waals surface area contributed by atoms with E-state index in [1.165, 1.54) is 6.07 Å². The minimum atomic E-state index is -0.807. The molecule has 0 saturated carbocycles. The average Bonchev–Trinajstić information content (AvgIpc) is 2.69. The van der Waals surface area contributed by atoms with Crippen molar-refractivity contribution in [3.05, 3.63) is 102 Å². The second-order valence-corrected chi connectivity index (χ2v) is 6.26. The summed E-state index contributed by atoms with van der Waals surface area (Å²) in [6.07, 6.45) is 0. The van der Waals surface area contributed by atoms with Gasteiger partial charge >= 0.3 is 0 Å². The van der Waals surface area contributed by atoms with Crippen molar-refractivity contribution in [2.75, 3.05) is 5.32 Å². The van der Waals surface area contributed by atoms with Crippen molar-refractivity contribution < 1.29 is 13.6 Å². The third-order valence-corrected chi connectivity index (χ3v) is 4.26. The Labute approximate surface area is 157 Å². The van der Waals surface area contributed by atoms with Gasteiger partial charge in [0.2, 0.25) is 5.91 Å². The smallest absolute Gasteiger partial charge is 0.241 e. The summed E-state index contributed by atoms with van der Waals surface area (Å²) in [6, 6.07) is 21.8. The fourth-order valence-electron chi connectivity index (χ4n) is 2.83. The Morgan fingerprint density at radius 1 is 0.852 bits per heavy atom. The maximum Gasteiger partial charge on any atom is 0.241 e. The van der Waals surface area contributed by atoms with Crippen molar-refractivity contribution >= 4 is 11.6 Å². The van der Waals surface area contributed by atoms with E-state index in [9.17, 15) is 13.6 Å². The molecule has 3 rings (SSSR count). The van der Waals surface area contributed by atoms with Gasteiger partial charge in [-0.3, -0.25) is 10.1 Å². The zero-order valence-electron chi connectivity index (χ0n) is 14.8. The van der Waals surface area contributed by atoms with E-state index >= 15 is 0 Å². The summed E-state index contributed by atoms with van der Waals surface area (Å²) in [5.41, 5.74) is 1.97. The normalized spacial score (nSPS) is 12.0. The Morgan fingerprint density at radius 2 is 1.41 bits per heavy atom. The molecule has 2 N–H and O–H groups in total. The highest BCUT2D eigenvalue weighted by molar-refractivity contribution is 5.94. The largest absolute Gasteiger partial charge is 0.322 e. The van der Waals surface area contributed by atoms with Crippen LogP contribution in [0.1, 0.15) is 24.1 Å². The van der Waals surface area contributed by atoms with Gasteiger partial charge < -0.3 is 5.32 Å². The highest BCUT2D eigenvalue weighted by Gasteiger charge is 2.21. The summed E-state index contributed by atoms with van der Waals surface area (Å²) in [7, 11) is 0. The van der Waals surface area contributed by atoms with Crippen LogP contribution in [0.4, 0.5) is 14.5 Å². The number of halogens is 2. The molecule has 0 aliphatic rings. The number of hydrogen-bond donors (Lipinski definition) is 2. The molecule has 0 aromatic heterocycles. The lowest BCUT2D eigenvalue weighted by Gasteiger charge is -2.24. The summed E-state index contributed by atoms with van der Waals surface area (Å²) in [4.78, 5) is 12.5. The Morgan fingerprint density at radius 3 is 1.93 bits per heavy atom. The lowest BCUT2D eigenvalue weighted by Crippen LogP contribution is -2.40. The number of carbonyl (C=O) groups is 1. The zero-order chi connectivity index (χ0) is 19.2. The first-order valence-electron chi connectivity index (χ1n) is 8.66. The molecule has 0 aliphatic heterocycles. The van der Waals surface area contributed by atoms with Crippen LogP contribution in [0.5, 0.6) is 0 Å². The van der Waals surface area contributed by atoms with Crippen molar-refractivity contribution in [1.82, 2.24) is 5.32 Å². The van der Waals surface area contributed by atoms with Crippen molar-refractivity contribution in [2.24, 2.45) is 0 Å². The highest BCUT2D eigenvalue weighted by atomic mass is 19.1. The Balaban J connectivity index is 1.78. The first-order chi connectivity index (χ1) is 13.0. The third-order valence-electron chi connectivity index (χ3n) is 4.26. The van der Waals surface area contributed by atoms with Crippen molar-refractivity contribution in [2.45, 2.75) is 19.0 Å². The van der Waals surface area contributed by atoms with Crippen LogP contribution in [0.3, 0.4) is 0 Å². The Hall–Kier alpha value is -3.05. The molecule has 1 unspecified atom stereocenters. The van der Waals surface area contributed by atoms with Gasteiger partial charge in [0.1, 0.15) is 11.6 Å². The molecule has 27 heavy (non-hydrogen) atoms. The molecule has 3 aromatic rings. The van der Waals surface area contributed by atoms with Gasteiger partial charge in [0.05, 0.1) is 17.8 Å². The number of anilines is 1. The van der Waals surface area contributed by atoms with E-state index in [4.69, 9.17) is 0 Å². The molecule has 0 aliphatic carbocycles. The second-order valence-electron chi connectivity index (χ2n) is 6.26. The van der Waals surface area contributed by atoms with E-state index in [1.54, 1.807) is 6.92 Å². The first kappa shape index (κ1) is 18.7. The lowest BCUT2D eigenvalue weighted by molar-refractivity contribution is -0.117. The minimum Gasteiger partial charge on any atom is -0.322 e. The molecule has 0 bridgehead atoms. The monoisotopic (exact) mass is 366 g/mol. The van der Waals surface area contributed by atoms with Crippen molar-refractivity contribution in [3.63, 3.8) is 0 Å². The molecule has 0 spiro atoms. The van der Waals surface area contributed by atoms with Crippen LogP contribution in [0.2, 0.25) is 0 Å². The number of hydrogen-bond acceptors (Lipinski definition) is 2. The SMILES string of the molecule is CC(NC(c1ccccc1)c1ccccc1)C(=O)Nc1ccc(F)cc1F. The number of nitrogens with one attached hydrogen (secondary N) is 2. The zero-order valence-corrected chi connectivity index (χ0v) is 14.8. The summed E-state index contributed by atoms with van der Waals surface area (Å²) < 4.78 is 26.8. The maximum absolute atomic E-state index is 13.8. The minimum absolute atomic E-state index is 0.0500. The van der Waals surface area contributed by atoms with Crippen molar-refractivity contribution in [1.29, 1.82) is 0 Å². The van der Waals surface area contributed by atoms with E-state index in [1.807, 2.05) is 60.7 Å². The second kappa shape index (κ2) is 8.56. The number of amides is 1. The molecule has 1 amide bonds. The summed E-state index contributed by atoms with van der Waals surface area (Å²) >= 11 is 0. The van der Waals surface area contributed by atoms with Gasteiger partial charge in [-0.05, 0) is 30.2 Å². The van der Waals surface area contributed by atoms with E-state index in [2.05, 4.69) is 10.6 Å². The van der Waals surface area contributed by atoms with Crippen LogP contribution in [0.25, 0.3) is 0 Å². The fraction of sp³-hybridized carbons (Fsp3) is 0.136. The highest BCUT2D eigenvalue weighted by Crippen LogP contribution is 2.23.